The Labute approximate surface area is 155 Å². The van der Waals surface area contributed by atoms with E-state index in [2.05, 4.69) is 20.0 Å². The highest BCUT2D eigenvalue weighted by molar-refractivity contribution is 7.89. The number of ether oxygens (including phenoxy) is 1. The molecule has 0 saturated heterocycles. The molecule has 0 radical (unpaired) electrons. The van der Waals surface area contributed by atoms with Gasteiger partial charge in [0.05, 0.1) is 7.11 Å². The molecule has 0 aliphatic heterocycles. The summed E-state index contributed by atoms with van der Waals surface area (Å²) in [5, 5.41) is 13.7. The zero-order valence-electron chi connectivity index (χ0n) is 14.5. The molecule has 1 saturated carbocycles. The maximum Gasteiger partial charge on any atom is 0.244 e. The van der Waals surface area contributed by atoms with Gasteiger partial charge in [0.15, 0.2) is 5.82 Å². The summed E-state index contributed by atoms with van der Waals surface area (Å²) >= 11 is 1.44. The molecule has 1 aliphatic carbocycles. The average molecular weight is 393 g/mol. The number of hydrogen-bond acceptors (Lipinski definition) is 7. The number of hydrogen-bond donors (Lipinski definition) is 1. The third-order valence-electron chi connectivity index (χ3n) is 4.24. The lowest BCUT2D eigenvalue weighted by Gasteiger charge is -2.11. The lowest BCUT2D eigenvalue weighted by molar-refractivity contribution is 0.402. The molecule has 1 N–H and O–H groups in total. The normalized spacial score (nSPS) is 14.8. The number of rotatable bonds is 7. The van der Waals surface area contributed by atoms with E-state index in [1.807, 2.05) is 13.0 Å². The first kappa shape index (κ1) is 17.4. The van der Waals surface area contributed by atoms with E-state index in [0.29, 0.717) is 18.1 Å². The first-order valence-electron chi connectivity index (χ1n) is 8.33. The van der Waals surface area contributed by atoms with E-state index in [1.54, 1.807) is 16.6 Å². The Morgan fingerprint density at radius 3 is 2.88 bits per heavy atom. The van der Waals surface area contributed by atoms with Crippen LogP contribution in [-0.4, -0.2) is 41.9 Å². The van der Waals surface area contributed by atoms with Gasteiger partial charge in [0, 0.05) is 18.9 Å². The van der Waals surface area contributed by atoms with Gasteiger partial charge >= 0.3 is 0 Å². The zero-order chi connectivity index (χ0) is 18.3. The fourth-order valence-electron chi connectivity index (χ4n) is 2.73. The van der Waals surface area contributed by atoms with Crippen LogP contribution in [0.3, 0.4) is 0 Å². The summed E-state index contributed by atoms with van der Waals surface area (Å²) in [7, 11) is -2.20. The van der Waals surface area contributed by atoms with Crippen LogP contribution < -0.4 is 9.46 Å². The van der Waals surface area contributed by atoms with Crippen LogP contribution in [0.4, 0.5) is 0 Å². The molecule has 10 heteroatoms. The van der Waals surface area contributed by atoms with Crippen molar-refractivity contribution >= 4 is 26.3 Å². The highest BCUT2D eigenvalue weighted by Gasteiger charge is 2.30. The smallest absolute Gasteiger partial charge is 0.244 e. The summed E-state index contributed by atoms with van der Waals surface area (Å²) in [6.45, 7) is 2.09. The fourth-order valence-corrected chi connectivity index (χ4v) is 4.86. The van der Waals surface area contributed by atoms with Crippen molar-refractivity contribution in [3.8, 4) is 5.75 Å². The Hall–Kier alpha value is -2.04. The number of nitrogens with one attached hydrogen (secondary N) is 1. The molecule has 0 atom stereocenters. The topological polar surface area (TPSA) is 98.5 Å². The highest BCUT2D eigenvalue weighted by atomic mass is 32.2. The number of aryl methyl sites for hydroxylation is 1. The van der Waals surface area contributed by atoms with Gasteiger partial charge in [-0.3, -0.25) is 0 Å². The van der Waals surface area contributed by atoms with Gasteiger partial charge in [0.1, 0.15) is 15.7 Å². The predicted octanol–water partition coefficient (Wildman–Crippen LogP) is 1.90. The molecular formula is C16H19N5O3S2. The second-order valence-corrected chi connectivity index (χ2v) is 9.10. The van der Waals surface area contributed by atoms with Gasteiger partial charge in [-0.05, 0) is 37.5 Å². The van der Waals surface area contributed by atoms with E-state index in [-0.39, 0.29) is 11.4 Å². The van der Waals surface area contributed by atoms with Gasteiger partial charge in [0.2, 0.25) is 15.0 Å². The summed E-state index contributed by atoms with van der Waals surface area (Å²) in [5.74, 6) is 1.70. The van der Waals surface area contributed by atoms with Crippen molar-refractivity contribution in [2.75, 3.05) is 13.7 Å². The number of nitrogens with zero attached hydrogens (tertiary/aromatic N) is 4. The van der Waals surface area contributed by atoms with Gasteiger partial charge in [-0.2, -0.15) is 9.61 Å². The maximum atomic E-state index is 12.6. The number of aromatic nitrogens is 4. The number of benzene rings is 1. The van der Waals surface area contributed by atoms with E-state index in [4.69, 9.17) is 4.74 Å². The van der Waals surface area contributed by atoms with E-state index in [9.17, 15) is 8.42 Å². The molecule has 3 aromatic rings. The van der Waals surface area contributed by atoms with Crippen LogP contribution in [0.25, 0.3) is 4.96 Å². The number of fused-ring (bicyclic) bond motifs is 1. The first-order valence-corrected chi connectivity index (χ1v) is 10.6. The summed E-state index contributed by atoms with van der Waals surface area (Å²) in [6.07, 6.45) is 2.75. The average Bonchev–Trinajstić information content (AvgIpc) is 3.25. The molecule has 2 aromatic heterocycles. The van der Waals surface area contributed by atoms with Crippen LogP contribution in [0.2, 0.25) is 0 Å². The van der Waals surface area contributed by atoms with Crippen LogP contribution in [0.5, 0.6) is 5.75 Å². The predicted molar refractivity (Wildman–Crippen MR) is 97.3 cm³/mol. The summed E-state index contributed by atoms with van der Waals surface area (Å²) in [5.41, 5.74) is 0.854. The number of methoxy groups -OCH3 is 1. The molecule has 0 amide bonds. The number of sulfonamides is 1. The van der Waals surface area contributed by atoms with Crippen molar-refractivity contribution in [2.45, 2.75) is 37.0 Å². The van der Waals surface area contributed by atoms with Gasteiger partial charge in [0.25, 0.3) is 0 Å². The Kier molecular flexibility index (Phi) is 4.41. The Morgan fingerprint density at radius 1 is 1.35 bits per heavy atom. The van der Waals surface area contributed by atoms with Crippen LogP contribution >= 0.6 is 11.3 Å². The van der Waals surface area contributed by atoms with Crippen LogP contribution in [0.15, 0.2) is 23.1 Å². The molecule has 2 heterocycles. The van der Waals surface area contributed by atoms with Crippen LogP contribution in [0, 0.1) is 6.92 Å². The summed E-state index contributed by atoms with van der Waals surface area (Å²) < 4.78 is 34.8. The molecule has 1 fully saturated rings. The molecule has 1 aliphatic rings. The quantitative estimate of drug-likeness (QED) is 0.658. The molecule has 26 heavy (non-hydrogen) atoms. The van der Waals surface area contributed by atoms with Gasteiger partial charge in [-0.1, -0.05) is 17.4 Å². The summed E-state index contributed by atoms with van der Waals surface area (Å²) in [6, 6.07) is 5.08. The SMILES string of the molecule is COc1ccc(C)cc1S(=O)(=O)NCCc1nn2c(C3CC3)nnc2s1. The zero-order valence-corrected chi connectivity index (χ0v) is 16.1. The third kappa shape index (κ3) is 3.31. The first-order chi connectivity index (χ1) is 12.5. The summed E-state index contributed by atoms with van der Waals surface area (Å²) in [4.78, 5) is 0.902. The van der Waals surface area contributed by atoms with E-state index in [0.717, 1.165) is 34.2 Å². The monoisotopic (exact) mass is 393 g/mol. The highest BCUT2D eigenvalue weighted by Crippen LogP contribution is 2.39. The third-order valence-corrected chi connectivity index (χ3v) is 6.68. The molecule has 4 rings (SSSR count). The van der Waals surface area contributed by atoms with E-state index in [1.165, 1.54) is 18.4 Å². The van der Waals surface area contributed by atoms with Crippen molar-refractivity contribution in [1.29, 1.82) is 0 Å². The van der Waals surface area contributed by atoms with Gasteiger partial charge in [-0.25, -0.2) is 13.1 Å². The lowest BCUT2D eigenvalue weighted by Crippen LogP contribution is -2.26. The molecule has 0 unspecified atom stereocenters. The van der Waals surface area contributed by atoms with Crippen molar-refractivity contribution in [3.05, 3.63) is 34.6 Å². The molecule has 138 valence electrons. The Bertz CT molecular complexity index is 1050. The van der Waals surface area contributed by atoms with Crippen molar-refractivity contribution < 1.29 is 13.2 Å². The van der Waals surface area contributed by atoms with Crippen molar-refractivity contribution in [3.63, 3.8) is 0 Å². The minimum Gasteiger partial charge on any atom is -0.495 e. The Balaban J connectivity index is 1.46. The van der Waals surface area contributed by atoms with Crippen molar-refractivity contribution in [1.82, 2.24) is 24.5 Å². The minimum absolute atomic E-state index is 0.147. The molecular weight excluding hydrogens is 374 g/mol. The van der Waals surface area contributed by atoms with E-state index >= 15 is 0 Å². The fraction of sp³-hybridized carbons (Fsp3) is 0.438. The van der Waals surface area contributed by atoms with Gasteiger partial charge in [-0.15, -0.1) is 10.2 Å². The second kappa shape index (κ2) is 6.60. The van der Waals surface area contributed by atoms with Crippen molar-refractivity contribution in [2.24, 2.45) is 0 Å². The van der Waals surface area contributed by atoms with Crippen LogP contribution in [-0.2, 0) is 16.4 Å². The lowest BCUT2D eigenvalue weighted by atomic mass is 10.2. The second-order valence-electron chi connectivity index (χ2n) is 6.32. The minimum atomic E-state index is -3.66. The standard InChI is InChI=1S/C16H19N5O3S2/c1-10-3-6-12(24-2)13(9-10)26(22,23)17-8-7-14-20-21-15(11-4-5-11)18-19-16(21)25-14/h3,6,9,11,17H,4-5,7-8H2,1-2H3. The van der Waals surface area contributed by atoms with Gasteiger partial charge < -0.3 is 4.74 Å². The Morgan fingerprint density at radius 2 is 2.15 bits per heavy atom. The maximum absolute atomic E-state index is 12.6. The molecule has 1 aromatic carbocycles. The molecule has 8 nitrogen and oxygen atoms in total. The molecule has 0 spiro atoms. The van der Waals surface area contributed by atoms with Crippen LogP contribution in [0.1, 0.15) is 35.2 Å². The largest absolute Gasteiger partial charge is 0.495 e. The van der Waals surface area contributed by atoms with E-state index < -0.39 is 10.0 Å². The molecule has 0 bridgehead atoms.